The van der Waals surface area contributed by atoms with Crippen molar-refractivity contribution in [1.29, 1.82) is 0 Å². The monoisotopic (exact) mass is 281 g/mol. The third-order valence-electron chi connectivity index (χ3n) is 5.92. The first-order valence-electron chi connectivity index (χ1n) is 8.48. The van der Waals surface area contributed by atoms with E-state index in [4.69, 9.17) is 5.73 Å². The van der Waals surface area contributed by atoms with Crippen molar-refractivity contribution in [3.8, 4) is 0 Å². The van der Waals surface area contributed by atoms with Gasteiger partial charge in [-0.1, -0.05) is 20.8 Å². The molecule has 0 amide bonds. The minimum atomic E-state index is 0.283. The van der Waals surface area contributed by atoms with Gasteiger partial charge in [-0.2, -0.15) is 0 Å². The van der Waals surface area contributed by atoms with Crippen LogP contribution in [0.2, 0.25) is 0 Å². The van der Waals surface area contributed by atoms with Crippen LogP contribution in [-0.2, 0) is 0 Å². The summed E-state index contributed by atoms with van der Waals surface area (Å²) in [5, 5.41) is 0. The predicted octanol–water partition coefficient (Wildman–Crippen LogP) is 2.56. The van der Waals surface area contributed by atoms with Crippen LogP contribution in [0, 0.1) is 11.3 Å². The molecule has 2 saturated heterocycles. The lowest BCUT2D eigenvalue weighted by Gasteiger charge is -2.48. The Kier molecular flexibility index (Phi) is 4.83. The van der Waals surface area contributed by atoms with Gasteiger partial charge in [-0.15, -0.1) is 0 Å². The summed E-state index contributed by atoms with van der Waals surface area (Å²) in [6, 6.07) is 0.673. The Bertz CT molecular complexity index is 311. The van der Waals surface area contributed by atoms with Crippen LogP contribution in [0.25, 0.3) is 0 Å². The van der Waals surface area contributed by atoms with Crippen LogP contribution in [0.5, 0.6) is 0 Å². The topological polar surface area (TPSA) is 32.5 Å². The average Bonchev–Trinajstić information content (AvgIpc) is 2.88. The van der Waals surface area contributed by atoms with E-state index in [1.807, 2.05) is 0 Å². The Hall–Kier alpha value is -0.120. The number of hydrogen-bond donors (Lipinski definition) is 1. The summed E-state index contributed by atoms with van der Waals surface area (Å²) in [6.07, 6.45) is 3.84. The van der Waals surface area contributed by atoms with Crippen LogP contribution in [-0.4, -0.2) is 54.1 Å². The molecule has 0 aromatic heterocycles. The van der Waals surface area contributed by atoms with Gasteiger partial charge in [-0.3, -0.25) is 4.90 Å². The van der Waals surface area contributed by atoms with E-state index in [0.29, 0.717) is 11.5 Å². The van der Waals surface area contributed by atoms with E-state index in [-0.39, 0.29) is 5.54 Å². The second kappa shape index (κ2) is 5.94. The quantitative estimate of drug-likeness (QED) is 0.863. The van der Waals surface area contributed by atoms with Crippen LogP contribution in [0.1, 0.15) is 53.9 Å². The molecule has 20 heavy (non-hydrogen) atoms. The Morgan fingerprint density at radius 3 is 2.15 bits per heavy atom. The highest BCUT2D eigenvalue weighted by molar-refractivity contribution is 5.00. The largest absolute Gasteiger partial charge is 0.329 e. The molecule has 0 saturated carbocycles. The van der Waals surface area contributed by atoms with E-state index >= 15 is 0 Å². The molecule has 2 aliphatic rings. The minimum Gasteiger partial charge on any atom is -0.329 e. The summed E-state index contributed by atoms with van der Waals surface area (Å²) < 4.78 is 0. The van der Waals surface area contributed by atoms with Gasteiger partial charge in [0.05, 0.1) is 0 Å². The number of likely N-dealkylation sites (tertiary alicyclic amines) is 2. The lowest BCUT2D eigenvalue weighted by Crippen LogP contribution is -2.59. The molecule has 2 N–H and O–H groups in total. The molecule has 2 rings (SSSR count). The van der Waals surface area contributed by atoms with Gasteiger partial charge in [0.2, 0.25) is 0 Å². The average molecular weight is 281 g/mol. The molecule has 3 nitrogen and oxygen atoms in total. The number of nitrogens with two attached hydrogens (primary N) is 1. The lowest BCUT2D eigenvalue weighted by atomic mass is 9.80. The van der Waals surface area contributed by atoms with Gasteiger partial charge in [0.25, 0.3) is 0 Å². The summed E-state index contributed by atoms with van der Waals surface area (Å²) in [5.41, 5.74) is 6.95. The smallest absolute Gasteiger partial charge is 0.0356 e. The Morgan fingerprint density at radius 2 is 1.75 bits per heavy atom. The van der Waals surface area contributed by atoms with E-state index in [1.165, 1.54) is 45.4 Å². The zero-order valence-corrected chi connectivity index (χ0v) is 14.3. The molecule has 0 radical (unpaired) electrons. The molecule has 2 aliphatic heterocycles. The van der Waals surface area contributed by atoms with Gasteiger partial charge in [0, 0.05) is 37.8 Å². The second-order valence-electron chi connectivity index (χ2n) is 8.36. The van der Waals surface area contributed by atoms with Crippen molar-refractivity contribution < 1.29 is 0 Å². The molecule has 1 atom stereocenters. The van der Waals surface area contributed by atoms with E-state index in [9.17, 15) is 0 Å². The van der Waals surface area contributed by atoms with E-state index < -0.39 is 0 Å². The van der Waals surface area contributed by atoms with Gasteiger partial charge >= 0.3 is 0 Å². The maximum absolute atomic E-state index is 6.23. The van der Waals surface area contributed by atoms with Gasteiger partial charge in [-0.25, -0.2) is 0 Å². The van der Waals surface area contributed by atoms with Crippen molar-refractivity contribution in [2.45, 2.75) is 65.5 Å². The first-order chi connectivity index (χ1) is 9.28. The molecule has 2 heterocycles. The molecule has 3 heteroatoms. The third-order valence-corrected chi connectivity index (χ3v) is 5.92. The van der Waals surface area contributed by atoms with Gasteiger partial charge in [0.15, 0.2) is 0 Å². The molecule has 0 aliphatic carbocycles. The van der Waals surface area contributed by atoms with Crippen molar-refractivity contribution in [3.05, 3.63) is 0 Å². The van der Waals surface area contributed by atoms with Crippen LogP contribution in [0.15, 0.2) is 0 Å². The van der Waals surface area contributed by atoms with E-state index in [2.05, 4.69) is 44.4 Å². The van der Waals surface area contributed by atoms with Crippen molar-refractivity contribution in [3.63, 3.8) is 0 Å². The standard InChI is InChI=1S/C17H35N3/c1-14(2)19-10-7-17(13-18,8-11-19)20-9-6-15(12-20)16(3,4)5/h14-15H,6-13,18H2,1-5H3. The molecule has 0 spiro atoms. The highest BCUT2D eigenvalue weighted by Gasteiger charge is 2.44. The normalized spacial score (nSPS) is 29.2. The maximum atomic E-state index is 6.23. The minimum absolute atomic E-state index is 0.283. The zero-order chi connectivity index (χ0) is 15.0. The molecule has 0 bridgehead atoms. The lowest BCUT2D eigenvalue weighted by molar-refractivity contribution is 0.0271. The summed E-state index contributed by atoms with van der Waals surface area (Å²) in [4.78, 5) is 5.34. The first kappa shape index (κ1) is 16.3. The fourth-order valence-electron chi connectivity index (χ4n) is 4.00. The summed E-state index contributed by atoms with van der Waals surface area (Å²) >= 11 is 0. The second-order valence-corrected chi connectivity index (χ2v) is 8.36. The van der Waals surface area contributed by atoms with Crippen LogP contribution < -0.4 is 5.73 Å². The Labute approximate surface area is 125 Å². The maximum Gasteiger partial charge on any atom is 0.0356 e. The number of hydrogen-bond acceptors (Lipinski definition) is 3. The van der Waals surface area contributed by atoms with E-state index in [0.717, 1.165) is 12.5 Å². The highest BCUT2D eigenvalue weighted by Crippen LogP contribution is 2.39. The van der Waals surface area contributed by atoms with Gasteiger partial charge in [0.1, 0.15) is 0 Å². The van der Waals surface area contributed by atoms with E-state index in [1.54, 1.807) is 0 Å². The Morgan fingerprint density at radius 1 is 1.15 bits per heavy atom. The van der Waals surface area contributed by atoms with Gasteiger partial charge < -0.3 is 10.6 Å². The predicted molar refractivity (Wildman–Crippen MR) is 86.9 cm³/mol. The highest BCUT2D eigenvalue weighted by atomic mass is 15.3. The number of piperidine rings is 1. The molecule has 2 fully saturated rings. The summed E-state index contributed by atoms with van der Waals surface area (Å²) in [7, 11) is 0. The van der Waals surface area contributed by atoms with Crippen molar-refractivity contribution in [2.24, 2.45) is 17.1 Å². The molecule has 0 aromatic rings. The van der Waals surface area contributed by atoms with Crippen molar-refractivity contribution in [1.82, 2.24) is 9.80 Å². The third kappa shape index (κ3) is 3.20. The fraction of sp³-hybridized carbons (Fsp3) is 1.00. The number of rotatable bonds is 3. The molecular weight excluding hydrogens is 246 g/mol. The summed E-state index contributed by atoms with van der Waals surface area (Å²) in [5.74, 6) is 0.828. The van der Waals surface area contributed by atoms with Crippen LogP contribution in [0.4, 0.5) is 0 Å². The molecular formula is C17H35N3. The first-order valence-corrected chi connectivity index (χ1v) is 8.48. The van der Waals surface area contributed by atoms with Gasteiger partial charge in [-0.05, 0) is 51.0 Å². The van der Waals surface area contributed by atoms with Crippen LogP contribution >= 0.6 is 0 Å². The fourth-order valence-corrected chi connectivity index (χ4v) is 4.00. The molecule has 0 aromatic carbocycles. The SMILES string of the molecule is CC(C)N1CCC(CN)(N2CCC(C(C)(C)C)C2)CC1. The molecule has 1 unspecified atom stereocenters. The molecule has 118 valence electrons. The number of nitrogens with zero attached hydrogens (tertiary/aromatic N) is 2. The Balaban J connectivity index is 2.00. The van der Waals surface area contributed by atoms with Crippen molar-refractivity contribution >= 4 is 0 Å². The zero-order valence-electron chi connectivity index (χ0n) is 14.3. The summed E-state index contributed by atoms with van der Waals surface area (Å²) in [6.45, 7) is 17.5. The van der Waals surface area contributed by atoms with Crippen molar-refractivity contribution in [2.75, 3.05) is 32.7 Å². The van der Waals surface area contributed by atoms with Crippen LogP contribution in [0.3, 0.4) is 0 Å².